The Labute approximate surface area is 204 Å². The second-order valence-corrected chi connectivity index (χ2v) is 9.95. The molecule has 0 aliphatic heterocycles. The molecule has 1 aliphatic carbocycles. The summed E-state index contributed by atoms with van der Waals surface area (Å²) in [7, 11) is 1.73. The van der Waals surface area contributed by atoms with E-state index in [9.17, 15) is 4.79 Å². The van der Waals surface area contributed by atoms with E-state index in [1.54, 1.807) is 11.9 Å². The van der Waals surface area contributed by atoms with Crippen LogP contribution in [0.2, 0.25) is 0 Å². The molecule has 3 aromatic rings. The predicted octanol–water partition coefficient (Wildman–Crippen LogP) is 5.60. The van der Waals surface area contributed by atoms with Crippen LogP contribution in [0.25, 0.3) is 10.8 Å². The SMILES string of the molecule is CC(NCC1CCCC(Cc2ccc(C(=O)N(C)CCO)cc2)C1)c1cccc2ccccc12. The molecular formula is C30H38N2O2. The molecule has 180 valence electrons. The lowest BCUT2D eigenvalue weighted by Crippen LogP contribution is -2.30. The van der Waals surface area contributed by atoms with Gasteiger partial charge in [0.2, 0.25) is 0 Å². The first-order valence-corrected chi connectivity index (χ1v) is 12.7. The lowest BCUT2D eigenvalue weighted by atomic mass is 9.78. The average Bonchev–Trinajstić information content (AvgIpc) is 2.87. The number of rotatable bonds is 9. The smallest absolute Gasteiger partial charge is 0.253 e. The van der Waals surface area contributed by atoms with E-state index in [2.05, 4.69) is 66.8 Å². The van der Waals surface area contributed by atoms with Gasteiger partial charge in [-0.2, -0.15) is 0 Å². The van der Waals surface area contributed by atoms with Gasteiger partial charge < -0.3 is 15.3 Å². The molecule has 1 saturated carbocycles. The highest BCUT2D eigenvalue weighted by molar-refractivity contribution is 5.94. The standard InChI is InChI=1S/C30H38N2O2/c1-22(28-12-6-10-26-9-3-4-11-29(26)28)31-21-25-8-5-7-24(20-25)19-23-13-15-27(16-14-23)30(34)32(2)17-18-33/h3-4,6,9-16,22,24-25,31,33H,5,7-8,17-21H2,1-2H3. The number of nitrogens with one attached hydrogen (secondary N) is 1. The maximum absolute atomic E-state index is 12.4. The largest absolute Gasteiger partial charge is 0.395 e. The third-order valence-electron chi connectivity index (χ3n) is 7.40. The predicted molar refractivity (Wildman–Crippen MR) is 140 cm³/mol. The van der Waals surface area contributed by atoms with Crippen LogP contribution in [0, 0.1) is 11.8 Å². The van der Waals surface area contributed by atoms with E-state index in [4.69, 9.17) is 5.11 Å². The Morgan fingerprint density at radius 2 is 1.76 bits per heavy atom. The van der Waals surface area contributed by atoms with Crippen molar-refractivity contribution in [3.63, 3.8) is 0 Å². The van der Waals surface area contributed by atoms with Gasteiger partial charge in [0.15, 0.2) is 0 Å². The minimum atomic E-state index is -0.0373. The maximum atomic E-state index is 12.4. The van der Waals surface area contributed by atoms with E-state index in [1.807, 2.05) is 12.1 Å². The van der Waals surface area contributed by atoms with Gasteiger partial charge in [-0.3, -0.25) is 4.79 Å². The van der Waals surface area contributed by atoms with Crippen LogP contribution in [0.5, 0.6) is 0 Å². The molecule has 4 rings (SSSR count). The number of carbonyl (C=O) groups excluding carboxylic acids is 1. The number of aliphatic hydroxyl groups excluding tert-OH is 1. The lowest BCUT2D eigenvalue weighted by molar-refractivity contribution is 0.0767. The molecule has 3 aromatic carbocycles. The highest BCUT2D eigenvalue weighted by Crippen LogP contribution is 2.32. The van der Waals surface area contributed by atoms with Gasteiger partial charge in [-0.25, -0.2) is 0 Å². The molecule has 3 atom stereocenters. The van der Waals surface area contributed by atoms with Gasteiger partial charge in [0.05, 0.1) is 6.61 Å². The van der Waals surface area contributed by atoms with Crippen molar-refractivity contribution in [3.05, 3.63) is 83.4 Å². The van der Waals surface area contributed by atoms with Crippen LogP contribution in [0.3, 0.4) is 0 Å². The van der Waals surface area contributed by atoms with E-state index < -0.39 is 0 Å². The molecule has 4 heteroatoms. The first-order chi connectivity index (χ1) is 16.5. The zero-order valence-corrected chi connectivity index (χ0v) is 20.5. The van der Waals surface area contributed by atoms with Crippen LogP contribution in [0.15, 0.2) is 66.7 Å². The molecule has 0 heterocycles. The Balaban J connectivity index is 1.30. The second-order valence-electron chi connectivity index (χ2n) is 9.95. The number of nitrogens with zero attached hydrogens (tertiary/aromatic N) is 1. The van der Waals surface area contributed by atoms with Gasteiger partial charge in [0.25, 0.3) is 5.91 Å². The molecule has 0 spiro atoms. The number of hydrogen-bond donors (Lipinski definition) is 2. The van der Waals surface area contributed by atoms with Crippen molar-refractivity contribution < 1.29 is 9.90 Å². The number of benzene rings is 3. The van der Waals surface area contributed by atoms with Gasteiger partial charge in [-0.15, -0.1) is 0 Å². The molecular weight excluding hydrogens is 420 g/mol. The van der Waals surface area contributed by atoms with Crippen molar-refractivity contribution in [3.8, 4) is 0 Å². The van der Waals surface area contributed by atoms with Crippen molar-refractivity contribution in [2.24, 2.45) is 11.8 Å². The molecule has 4 nitrogen and oxygen atoms in total. The van der Waals surface area contributed by atoms with Crippen LogP contribution in [-0.2, 0) is 6.42 Å². The topological polar surface area (TPSA) is 52.6 Å². The summed E-state index contributed by atoms with van der Waals surface area (Å²) in [6.45, 7) is 3.68. The normalized spacial score (nSPS) is 19.1. The van der Waals surface area contributed by atoms with E-state index in [1.165, 1.54) is 47.6 Å². The van der Waals surface area contributed by atoms with E-state index in [-0.39, 0.29) is 12.5 Å². The zero-order valence-electron chi connectivity index (χ0n) is 20.5. The summed E-state index contributed by atoms with van der Waals surface area (Å²) in [5.41, 5.74) is 3.38. The molecule has 1 fully saturated rings. The summed E-state index contributed by atoms with van der Waals surface area (Å²) >= 11 is 0. The van der Waals surface area contributed by atoms with Gasteiger partial charge in [-0.1, -0.05) is 67.4 Å². The van der Waals surface area contributed by atoms with Gasteiger partial charge >= 0.3 is 0 Å². The quantitative estimate of drug-likeness (QED) is 0.439. The van der Waals surface area contributed by atoms with Crippen molar-refractivity contribution in [2.45, 2.75) is 45.1 Å². The van der Waals surface area contributed by atoms with E-state index in [0.29, 0.717) is 30.0 Å². The second kappa shape index (κ2) is 11.6. The molecule has 3 unspecified atom stereocenters. The average molecular weight is 459 g/mol. The summed E-state index contributed by atoms with van der Waals surface area (Å²) in [4.78, 5) is 14.0. The lowest BCUT2D eigenvalue weighted by Gasteiger charge is -2.30. The Bertz CT molecular complexity index is 1070. The Hall–Kier alpha value is -2.69. The van der Waals surface area contributed by atoms with Gasteiger partial charge in [-0.05, 0) is 78.6 Å². The Morgan fingerprint density at radius 1 is 1.03 bits per heavy atom. The number of likely N-dealkylation sites (N-methyl/N-ethyl adjacent to an activating group) is 1. The molecule has 0 bridgehead atoms. The van der Waals surface area contributed by atoms with E-state index >= 15 is 0 Å². The van der Waals surface area contributed by atoms with E-state index in [0.717, 1.165) is 13.0 Å². The monoisotopic (exact) mass is 458 g/mol. The van der Waals surface area contributed by atoms with Crippen molar-refractivity contribution >= 4 is 16.7 Å². The number of carbonyl (C=O) groups is 1. The molecule has 1 amide bonds. The number of amides is 1. The van der Waals surface area contributed by atoms with Crippen LogP contribution in [0.4, 0.5) is 0 Å². The molecule has 1 aliphatic rings. The maximum Gasteiger partial charge on any atom is 0.253 e. The highest BCUT2D eigenvalue weighted by atomic mass is 16.3. The number of fused-ring (bicyclic) bond motifs is 1. The molecule has 0 saturated heterocycles. The fourth-order valence-corrected chi connectivity index (χ4v) is 5.44. The van der Waals surface area contributed by atoms with Crippen molar-refractivity contribution in [2.75, 3.05) is 26.7 Å². The first kappa shape index (κ1) is 24.4. The summed E-state index contributed by atoms with van der Waals surface area (Å²) < 4.78 is 0. The summed E-state index contributed by atoms with van der Waals surface area (Å²) in [6.07, 6.45) is 6.22. The number of aliphatic hydroxyl groups is 1. The van der Waals surface area contributed by atoms with Gasteiger partial charge in [0, 0.05) is 25.2 Å². The van der Waals surface area contributed by atoms with Gasteiger partial charge in [0.1, 0.15) is 0 Å². The third kappa shape index (κ3) is 6.05. The minimum absolute atomic E-state index is 0.0151. The fraction of sp³-hybridized carbons (Fsp3) is 0.433. The number of hydrogen-bond acceptors (Lipinski definition) is 3. The van der Waals surface area contributed by atoms with Crippen molar-refractivity contribution in [1.29, 1.82) is 0 Å². The molecule has 34 heavy (non-hydrogen) atoms. The Kier molecular flexibility index (Phi) is 8.36. The van der Waals surface area contributed by atoms with Crippen molar-refractivity contribution in [1.82, 2.24) is 10.2 Å². The Morgan fingerprint density at radius 3 is 2.56 bits per heavy atom. The zero-order chi connectivity index (χ0) is 23.9. The molecule has 0 aromatic heterocycles. The summed E-state index contributed by atoms with van der Waals surface area (Å²) in [6, 6.07) is 23.6. The van der Waals surface area contributed by atoms with Crippen LogP contribution >= 0.6 is 0 Å². The molecule has 0 radical (unpaired) electrons. The van der Waals surface area contributed by atoms with Crippen LogP contribution in [-0.4, -0.2) is 42.7 Å². The minimum Gasteiger partial charge on any atom is -0.395 e. The van der Waals surface area contributed by atoms with Crippen LogP contribution in [0.1, 0.15) is 60.1 Å². The summed E-state index contributed by atoms with van der Waals surface area (Å²) in [5.74, 6) is 1.38. The molecule has 2 N–H and O–H groups in total. The third-order valence-corrected chi connectivity index (χ3v) is 7.40. The first-order valence-electron chi connectivity index (χ1n) is 12.7. The fourth-order valence-electron chi connectivity index (χ4n) is 5.44. The highest BCUT2D eigenvalue weighted by Gasteiger charge is 2.23. The van der Waals surface area contributed by atoms with Crippen LogP contribution < -0.4 is 5.32 Å². The summed E-state index contributed by atoms with van der Waals surface area (Å²) in [5, 5.41) is 15.5.